The summed E-state index contributed by atoms with van der Waals surface area (Å²) in [5.74, 6) is 0.879. The van der Waals surface area contributed by atoms with E-state index in [0.29, 0.717) is 5.69 Å². The number of nitrogens with zero attached hydrogens (tertiary/aromatic N) is 2. The molecule has 0 fully saturated rings. The summed E-state index contributed by atoms with van der Waals surface area (Å²) in [7, 11) is 0. The maximum Gasteiger partial charge on any atom is 0.137 e. The Labute approximate surface area is 92.7 Å². The van der Waals surface area contributed by atoms with Gasteiger partial charge in [0.15, 0.2) is 0 Å². The van der Waals surface area contributed by atoms with Crippen molar-refractivity contribution >= 4 is 18.0 Å². The molecule has 1 aliphatic heterocycles. The Balaban J connectivity index is 2.22. The average molecular weight is 212 g/mol. The Bertz CT molecular complexity index is 622. The van der Waals surface area contributed by atoms with E-state index >= 15 is 0 Å². The monoisotopic (exact) mass is 212 g/mol. The van der Waals surface area contributed by atoms with Crippen molar-refractivity contribution < 1.29 is 0 Å². The molecule has 0 unspecified atom stereocenters. The van der Waals surface area contributed by atoms with Gasteiger partial charge in [0.25, 0.3) is 0 Å². The molecule has 4 heteroatoms. The molecule has 0 aromatic carbocycles. The smallest absolute Gasteiger partial charge is 0.137 e. The normalized spacial score (nSPS) is 13.2. The van der Waals surface area contributed by atoms with Crippen LogP contribution in [0.1, 0.15) is 0 Å². The lowest BCUT2D eigenvalue weighted by Gasteiger charge is -2.05. The van der Waals surface area contributed by atoms with Crippen LogP contribution in [0.2, 0.25) is 0 Å². The van der Waals surface area contributed by atoms with Gasteiger partial charge in [-0.05, 0) is 23.4 Å². The molecule has 0 saturated heterocycles. The standard InChI is InChI=1S/C12H12N4/c13-10-1-2-12(15-7-10)16-6-4-9-3-5-14-8-11(9)16/h1-4,6-8,14H,5,13H2. The van der Waals surface area contributed by atoms with Crippen LogP contribution in [0, 0.1) is 0 Å². The van der Waals surface area contributed by atoms with Gasteiger partial charge < -0.3 is 11.1 Å². The van der Waals surface area contributed by atoms with Gasteiger partial charge in [-0.1, -0.05) is 6.08 Å². The summed E-state index contributed by atoms with van der Waals surface area (Å²) in [6, 6.07) is 5.86. The Morgan fingerprint density at radius 1 is 1.31 bits per heavy atom. The summed E-state index contributed by atoms with van der Waals surface area (Å²) in [6.45, 7) is 0.881. The number of anilines is 1. The van der Waals surface area contributed by atoms with Crippen LogP contribution in [0.25, 0.3) is 18.1 Å². The Kier molecular flexibility index (Phi) is 1.93. The molecule has 0 aliphatic carbocycles. The first-order chi connectivity index (χ1) is 7.84. The van der Waals surface area contributed by atoms with Crippen LogP contribution in [0.15, 0.2) is 30.6 Å². The molecule has 16 heavy (non-hydrogen) atoms. The second-order valence-electron chi connectivity index (χ2n) is 3.73. The minimum absolute atomic E-state index is 0.679. The molecular weight excluding hydrogens is 200 g/mol. The van der Waals surface area contributed by atoms with Gasteiger partial charge in [-0.2, -0.15) is 0 Å². The molecule has 0 bridgehead atoms. The van der Waals surface area contributed by atoms with Gasteiger partial charge >= 0.3 is 0 Å². The van der Waals surface area contributed by atoms with Crippen molar-refractivity contribution in [1.82, 2.24) is 14.9 Å². The summed E-state index contributed by atoms with van der Waals surface area (Å²) in [5.41, 5.74) is 6.30. The largest absolute Gasteiger partial charge is 0.397 e. The molecule has 0 atom stereocenters. The lowest BCUT2D eigenvalue weighted by molar-refractivity contribution is 0.942. The van der Waals surface area contributed by atoms with Crippen LogP contribution < -0.4 is 21.6 Å². The number of nitrogens with one attached hydrogen (secondary N) is 1. The molecule has 2 aromatic rings. The summed E-state index contributed by atoms with van der Waals surface area (Å²) in [4.78, 5) is 4.31. The van der Waals surface area contributed by atoms with E-state index in [1.165, 1.54) is 5.22 Å². The Morgan fingerprint density at radius 3 is 3.06 bits per heavy atom. The summed E-state index contributed by atoms with van der Waals surface area (Å²) >= 11 is 0. The lowest BCUT2D eigenvalue weighted by Crippen LogP contribution is -2.35. The highest BCUT2D eigenvalue weighted by atomic mass is 15.1. The van der Waals surface area contributed by atoms with Crippen molar-refractivity contribution in [3.8, 4) is 5.82 Å². The van der Waals surface area contributed by atoms with Crippen LogP contribution in [0.5, 0.6) is 0 Å². The molecule has 80 valence electrons. The second kappa shape index (κ2) is 3.41. The van der Waals surface area contributed by atoms with Gasteiger partial charge in [0.2, 0.25) is 0 Å². The topological polar surface area (TPSA) is 55.9 Å². The summed E-state index contributed by atoms with van der Waals surface area (Å²) in [6.07, 6.45) is 7.85. The van der Waals surface area contributed by atoms with Crippen LogP contribution in [-0.2, 0) is 0 Å². The Hall–Kier alpha value is -2.23. The molecule has 0 radical (unpaired) electrons. The molecule has 3 rings (SSSR count). The SMILES string of the molecule is Nc1ccc(-n2ccc3c2=CNCC=3)nc1. The highest BCUT2D eigenvalue weighted by molar-refractivity contribution is 5.42. The zero-order valence-electron chi connectivity index (χ0n) is 8.72. The van der Waals surface area contributed by atoms with Crippen LogP contribution in [0.4, 0.5) is 5.69 Å². The van der Waals surface area contributed by atoms with Gasteiger partial charge in [0.1, 0.15) is 5.82 Å². The van der Waals surface area contributed by atoms with Gasteiger partial charge in [-0.3, -0.25) is 4.57 Å². The van der Waals surface area contributed by atoms with Crippen LogP contribution >= 0.6 is 0 Å². The molecule has 0 saturated carbocycles. The zero-order valence-corrected chi connectivity index (χ0v) is 8.72. The van der Waals surface area contributed by atoms with E-state index in [4.69, 9.17) is 5.73 Å². The highest BCUT2D eigenvalue weighted by Gasteiger charge is 2.02. The van der Waals surface area contributed by atoms with E-state index in [1.54, 1.807) is 6.20 Å². The minimum atomic E-state index is 0.679. The van der Waals surface area contributed by atoms with Crippen molar-refractivity contribution in [2.45, 2.75) is 0 Å². The fourth-order valence-corrected chi connectivity index (χ4v) is 1.85. The number of rotatable bonds is 1. The van der Waals surface area contributed by atoms with Crippen LogP contribution in [-0.4, -0.2) is 16.1 Å². The van der Waals surface area contributed by atoms with Crippen molar-refractivity contribution in [1.29, 1.82) is 0 Å². The van der Waals surface area contributed by atoms with E-state index in [0.717, 1.165) is 17.7 Å². The predicted molar refractivity (Wildman–Crippen MR) is 64.2 cm³/mol. The number of pyridine rings is 1. The Morgan fingerprint density at radius 2 is 2.25 bits per heavy atom. The molecule has 2 aromatic heterocycles. The quantitative estimate of drug-likeness (QED) is 0.675. The second-order valence-corrected chi connectivity index (χ2v) is 3.73. The summed E-state index contributed by atoms with van der Waals surface area (Å²) in [5, 5.41) is 5.56. The van der Waals surface area contributed by atoms with Gasteiger partial charge in [0.05, 0.1) is 17.2 Å². The van der Waals surface area contributed by atoms with Gasteiger partial charge in [-0.15, -0.1) is 0 Å². The molecule has 0 spiro atoms. The number of hydrogen-bond acceptors (Lipinski definition) is 3. The van der Waals surface area contributed by atoms with E-state index < -0.39 is 0 Å². The van der Waals surface area contributed by atoms with Crippen molar-refractivity contribution in [2.75, 3.05) is 12.3 Å². The van der Waals surface area contributed by atoms with E-state index in [-0.39, 0.29) is 0 Å². The fraction of sp³-hybridized carbons (Fsp3) is 0.0833. The van der Waals surface area contributed by atoms with Crippen LogP contribution in [0.3, 0.4) is 0 Å². The molecule has 3 heterocycles. The third kappa shape index (κ3) is 1.35. The lowest BCUT2D eigenvalue weighted by atomic mass is 10.3. The molecular formula is C12H12N4. The van der Waals surface area contributed by atoms with E-state index in [1.807, 2.05) is 29.1 Å². The average Bonchev–Trinajstić information content (AvgIpc) is 2.74. The predicted octanol–water partition coefficient (Wildman–Crippen LogP) is -0.424. The summed E-state index contributed by atoms with van der Waals surface area (Å²) < 4.78 is 2.04. The number of nitrogen functional groups attached to an aromatic ring is 1. The number of nitrogens with two attached hydrogens (primary N) is 1. The first-order valence-electron chi connectivity index (χ1n) is 5.18. The minimum Gasteiger partial charge on any atom is -0.397 e. The molecule has 0 amide bonds. The molecule has 1 aliphatic rings. The third-order valence-corrected chi connectivity index (χ3v) is 2.65. The molecule has 3 N–H and O–H groups in total. The third-order valence-electron chi connectivity index (χ3n) is 2.65. The molecule has 4 nitrogen and oxygen atoms in total. The number of fused-ring (bicyclic) bond motifs is 1. The van der Waals surface area contributed by atoms with E-state index in [2.05, 4.69) is 22.4 Å². The van der Waals surface area contributed by atoms with Gasteiger partial charge in [-0.25, -0.2) is 4.98 Å². The number of aromatic nitrogens is 2. The first kappa shape index (κ1) is 9.03. The first-order valence-corrected chi connectivity index (χ1v) is 5.18. The maximum absolute atomic E-state index is 5.62. The highest BCUT2D eigenvalue weighted by Crippen LogP contribution is 2.03. The van der Waals surface area contributed by atoms with Crippen molar-refractivity contribution in [2.24, 2.45) is 0 Å². The van der Waals surface area contributed by atoms with E-state index in [9.17, 15) is 0 Å². The van der Waals surface area contributed by atoms with Gasteiger partial charge in [0, 0.05) is 18.9 Å². The van der Waals surface area contributed by atoms with Crippen molar-refractivity contribution in [3.63, 3.8) is 0 Å². The van der Waals surface area contributed by atoms with Crippen molar-refractivity contribution in [3.05, 3.63) is 41.2 Å². The maximum atomic E-state index is 5.62. The number of hydrogen-bond donors (Lipinski definition) is 2. The fourth-order valence-electron chi connectivity index (χ4n) is 1.85. The zero-order chi connectivity index (χ0) is 11.0.